The van der Waals surface area contributed by atoms with Gasteiger partial charge < -0.3 is 14.4 Å². The molecule has 19 heavy (non-hydrogen) atoms. The molecule has 2 heterocycles. The predicted octanol–water partition coefficient (Wildman–Crippen LogP) is 1.73. The molecule has 1 fully saturated rings. The molecule has 1 aliphatic heterocycles. The number of rotatable bonds is 4. The number of nitrogens with zero attached hydrogens (tertiary/aromatic N) is 2. The Hall–Kier alpha value is -1.62. The first kappa shape index (κ1) is 13.8. The van der Waals surface area contributed by atoms with Crippen LogP contribution in [0.25, 0.3) is 0 Å². The van der Waals surface area contributed by atoms with E-state index in [1.165, 1.54) is 7.11 Å². The molecule has 0 saturated carbocycles. The summed E-state index contributed by atoms with van der Waals surface area (Å²) in [6.45, 7) is 2.61. The van der Waals surface area contributed by atoms with Gasteiger partial charge in [-0.3, -0.25) is 0 Å². The smallest absolute Gasteiger partial charge is 0.338 e. The molecule has 0 radical (unpaired) electrons. The summed E-state index contributed by atoms with van der Waals surface area (Å²) in [5, 5.41) is 0. The zero-order valence-corrected chi connectivity index (χ0v) is 11.5. The normalized spacial score (nSPS) is 16.1. The molecule has 1 aromatic rings. The van der Waals surface area contributed by atoms with Crippen LogP contribution in [-0.4, -0.2) is 44.9 Å². The van der Waals surface area contributed by atoms with Crippen LogP contribution in [0.4, 0.5) is 5.82 Å². The van der Waals surface area contributed by atoms with E-state index < -0.39 is 0 Å². The molecule has 5 nitrogen and oxygen atoms in total. The lowest BCUT2D eigenvalue weighted by Crippen LogP contribution is -2.30. The van der Waals surface area contributed by atoms with Gasteiger partial charge in [0.25, 0.3) is 0 Å². The summed E-state index contributed by atoms with van der Waals surface area (Å²) in [6.07, 6.45) is 3.81. The van der Waals surface area contributed by atoms with Crippen molar-refractivity contribution in [3.63, 3.8) is 0 Å². The number of anilines is 1. The first-order valence-electron chi connectivity index (χ1n) is 6.54. The van der Waals surface area contributed by atoms with Gasteiger partial charge in [-0.05, 0) is 30.9 Å². The Labute approximate surface area is 113 Å². The van der Waals surface area contributed by atoms with Gasteiger partial charge in [-0.2, -0.15) is 0 Å². The highest BCUT2D eigenvalue weighted by Gasteiger charge is 2.17. The summed E-state index contributed by atoms with van der Waals surface area (Å²) in [4.78, 5) is 17.9. The molecule has 104 valence electrons. The molecule has 0 amide bonds. The van der Waals surface area contributed by atoms with Crippen LogP contribution in [0.15, 0.2) is 18.3 Å². The van der Waals surface area contributed by atoms with Gasteiger partial charge in [0.2, 0.25) is 0 Å². The second-order valence-corrected chi connectivity index (χ2v) is 4.83. The molecule has 5 heteroatoms. The Balaban J connectivity index is 2.01. The third kappa shape index (κ3) is 3.67. The summed E-state index contributed by atoms with van der Waals surface area (Å²) in [5.41, 5.74) is 0.534. The lowest BCUT2D eigenvalue weighted by Gasteiger charge is -2.27. The van der Waals surface area contributed by atoms with Gasteiger partial charge in [0.1, 0.15) is 5.82 Å². The maximum Gasteiger partial charge on any atom is 0.338 e. The molecular weight excluding hydrogens is 244 g/mol. The molecule has 0 N–H and O–H groups in total. The van der Waals surface area contributed by atoms with E-state index in [1.54, 1.807) is 18.3 Å². The standard InChI is InChI=1S/C14H20N2O3/c1-16(10-11-4-7-19-8-5-11)13-9-12(3-6-15-13)14(17)18-2/h3,6,9,11H,4-5,7-8,10H2,1-2H3. The van der Waals surface area contributed by atoms with Crippen LogP contribution in [0.1, 0.15) is 23.2 Å². The monoisotopic (exact) mass is 264 g/mol. The van der Waals surface area contributed by atoms with Crippen LogP contribution in [0.2, 0.25) is 0 Å². The summed E-state index contributed by atoms with van der Waals surface area (Å²) >= 11 is 0. The summed E-state index contributed by atoms with van der Waals surface area (Å²) in [7, 11) is 3.38. The number of hydrogen-bond acceptors (Lipinski definition) is 5. The van der Waals surface area contributed by atoms with Crippen molar-refractivity contribution in [1.29, 1.82) is 0 Å². The molecular formula is C14H20N2O3. The molecule has 1 aliphatic rings. The highest BCUT2D eigenvalue weighted by molar-refractivity contribution is 5.90. The average molecular weight is 264 g/mol. The second-order valence-electron chi connectivity index (χ2n) is 4.83. The number of hydrogen-bond donors (Lipinski definition) is 0. The first-order valence-corrected chi connectivity index (χ1v) is 6.54. The Morgan fingerprint density at radius 2 is 2.26 bits per heavy atom. The average Bonchev–Trinajstić information content (AvgIpc) is 2.47. The van der Waals surface area contributed by atoms with E-state index in [1.807, 2.05) is 7.05 Å². The lowest BCUT2D eigenvalue weighted by molar-refractivity contribution is 0.0600. The largest absolute Gasteiger partial charge is 0.465 e. The number of carbonyl (C=O) groups excluding carboxylic acids is 1. The SMILES string of the molecule is COC(=O)c1ccnc(N(C)CC2CCOCC2)c1. The van der Waals surface area contributed by atoms with Crippen LogP contribution in [0.5, 0.6) is 0 Å². The summed E-state index contributed by atoms with van der Waals surface area (Å²) in [5.74, 6) is 1.10. The van der Waals surface area contributed by atoms with Gasteiger partial charge in [0, 0.05) is 33.0 Å². The zero-order valence-electron chi connectivity index (χ0n) is 11.5. The number of carbonyl (C=O) groups is 1. The fraction of sp³-hybridized carbons (Fsp3) is 0.571. The van der Waals surface area contributed by atoms with Crippen molar-refractivity contribution in [2.45, 2.75) is 12.8 Å². The van der Waals surface area contributed by atoms with Crippen LogP contribution < -0.4 is 4.90 Å². The molecule has 0 aromatic carbocycles. The molecule has 0 atom stereocenters. The van der Waals surface area contributed by atoms with Gasteiger partial charge in [-0.15, -0.1) is 0 Å². The highest BCUT2D eigenvalue weighted by atomic mass is 16.5. The third-order valence-corrected chi connectivity index (χ3v) is 3.43. The number of pyridine rings is 1. The Kier molecular flexibility index (Phi) is 4.74. The molecule has 1 aromatic heterocycles. The van der Waals surface area contributed by atoms with Crippen molar-refractivity contribution < 1.29 is 14.3 Å². The van der Waals surface area contributed by atoms with Gasteiger partial charge in [0.05, 0.1) is 12.7 Å². The van der Waals surface area contributed by atoms with E-state index in [2.05, 4.69) is 9.88 Å². The highest BCUT2D eigenvalue weighted by Crippen LogP contribution is 2.19. The zero-order chi connectivity index (χ0) is 13.7. The predicted molar refractivity (Wildman–Crippen MR) is 72.4 cm³/mol. The maximum absolute atomic E-state index is 11.5. The second kappa shape index (κ2) is 6.52. The van der Waals surface area contributed by atoms with Crippen molar-refractivity contribution in [2.75, 3.05) is 38.8 Å². The molecule has 0 bridgehead atoms. The maximum atomic E-state index is 11.5. The lowest BCUT2D eigenvalue weighted by atomic mass is 10.00. The van der Waals surface area contributed by atoms with Crippen LogP contribution in [0, 0.1) is 5.92 Å². The first-order chi connectivity index (χ1) is 9.20. The summed E-state index contributed by atoms with van der Waals surface area (Å²) < 4.78 is 10.1. The fourth-order valence-corrected chi connectivity index (χ4v) is 2.28. The van der Waals surface area contributed by atoms with E-state index in [9.17, 15) is 4.79 Å². The molecule has 2 rings (SSSR count). The molecule has 0 aliphatic carbocycles. The quantitative estimate of drug-likeness (QED) is 0.775. The third-order valence-electron chi connectivity index (χ3n) is 3.43. The van der Waals surface area contributed by atoms with Gasteiger partial charge in [-0.1, -0.05) is 0 Å². The van der Waals surface area contributed by atoms with Crippen molar-refractivity contribution in [1.82, 2.24) is 4.98 Å². The van der Waals surface area contributed by atoms with E-state index in [4.69, 9.17) is 9.47 Å². The van der Waals surface area contributed by atoms with Gasteiger partial charge in [-0.25, -0.2) is 9.78 Å². The van der Waals surface area contributed by atoms with Crippen molar-refractivity contribution >= 4 is 11.8 Å². The van der Waals surface area contributed by atoms with E-state index in [0.29, 0.717) is 11.5 Å². The minimum Gasteiger partial charge on any atom is -0.465 e. The Morgan fingerprint density at radius 1 is 1.53 bits per heavy atom. The Bertz CT molecular complexity index is 430. The van der Waals surface area contributed by atoms with Crippen LogP contribution in [-0.2, 0) is 9.47 Å². The van der Waals surface area contributed by atoms with Crippen molar-refractivity contribution in [2.24, 2.45) is 5.92 Å². The van der Waals surface area contributed by atoms with Crippen molar-refractivity contribution in [3.8, 4) is 0 Å². The van der Waals surface area contributed by atoms with E-state index in [0.717, 1.165) is 38.4 Å². The summed E-state index contributed by atoms with van der Waals surface area (Å²) in [6, 6.07) is 3.43. The topological polar surface area (TPSA) is 51.7 Å². The van der Waals surface area contributed by atoms with Crippen LogP contribution in [0.3, 0.4) is 0 Å². The molecule has 0 spiro atoms. The molecule has 1 saturated heterocycles. The number of methoxy groups -OCH3 is 1. The number of ether oxygens (including phenoxy) is 2. The van der Waals surface area contributed by atoms with E-state index >= 15 is 0 Å². The molecule has 0 unspecified atom stereocenters. The number of esters is 1. The Morgan fingerprint density at radius 3 is 2.95 bits per heavy atom. The number of aromatic nitrogens is 1. The minimum absolute atomic E-state index is 0.330. The minimum atomic E-state index is -0.330. The fourth-order valence-electron chi connectivity index (χ4n) is 2.28. The van der Waals surface area contributed by atoms with Gasteiger partial charge in [0.15, 0.2) is 0 Å². The van der Waals surface area contributed by atoms with Gasteiger partial charge >= 0.3 is 5.97 Å². The van der Waals surface area contributed by atoms with Crippen LogP contribution >= 0.6 is 0 Å². The van der Waals surface area contributed by atoms with Crippen molar-refractivity contribution in [3.05, 3.63) is 23.9 Å². The van der Waals surface area contributed by atoms with E-state index in [-0.39, 0.29) is 5.97 Å².